The molecular formula is C13H25N5O. The van der Waals surface area contributed by atoms with Crippen LogP contribution in [0.1, 0.15) is 44.1 Å². The molecule has 1 aromatic rings. The summed E-state index contributed by atoms with van der Waals surface area (Å²) < 4.78 is 5.35. The molecule has 0 spiro atoms. The van der Waals surface area contributed by atoms with Gasteiger partial charge in [0.1, 0.15) is 0 Å². The topological polar surface area (TPSA) is 71.4 Å². The van der Waals surface area contributed by atoms with Gasteiger partial charge in [-0.1, -0.05) is 25.4 Å². The molecule has 0 amide bonds. The van der Waals surface area contributed by atoms with Crippen molar-refractivity contribution in [2.45, 2.75) is 32.4 Å². The van der Waals surface area contributed by atoms with Gasteiger partial charge in [-0.25, -0.2) is 0 Å². The van der Waals surface area contributed by atoms with E-state index in [-0.39, 0.29) is 12.1 Å². The summed E-state index contributed by atoms with van der Waals surface area (Å²) in [6, 6.07) is 0.0262. The second-order valence-electron chi connectivity index (χ2n) is 5.66. The van der Waals surface area contributed by atoms with Crippen molar-refractivity contribution in [2.24, 2.45) is 11.7 Å². The van der Waals surface area contributed by atoms with E-state index in [0.29, 0.717) is 11.8 Å². The van der Waals surface area contributed by atoms with E-state index in [0.717, 1.165) is 31.9 Å². The van der Waals surface area contributed by atoms with E-state index in [4.69, 9.17) is 10.3 Å². The van der Waals surface area contributed by atoms with Crippen LogP contribution in [-0.2, 0) is 0 Å². The van der Waals surface area contributed by atoms with Crippen LogP contribution in [0.5, 0.6) is 0 Å². The number of hydrogen-bond acceptors (Lipinski definition) is 6. The predicted molar refractivity (Wildman–Crippen MR) is 73.5 cm³/mol. The molecule has 1 fully saturated rings. The molecule has 3 atom stereocenters. The van der Waals surface area contributed by atoms with Crippen LogP contribution in [0.2, 0.25) is 0 Å². The molecule has 0 bridgehead atoms. The number of rotatable bonds is 4. The highest BCUT2D eigenvalue weighted by molar-refractivity contribution is 5.00. The van der Waals surface area contributed by atoms with Crippen LogP contribution in [-0.4, -0.2) is 53.7 Å². The third-order valence-electron chi connectivity index (χ3n) is 4.15. The van der Waals surface area contributed by atoms with E-state index >= 15 is 0 Å². The van der Waals surface area contributed by atoms with Crippen molar-refractivity contribution >= 4 is 0 Å². The molecule has 1 aliphatic rings. The normalized spacial score (nSPS) is 25.4. The Balaban J connectivity index is 2.11. The largest absolute Gasteiger partial charge is 0.338 e. The Hall–Kier alpha value is -0.980. The van der Waals surface area contributed by atoms with Gasteiger partial charge in [-0.2, -0.15) is 4.98 Å². The Bertz CT molecular complexity index is 407. The molecule has 0 aromatic carbocycles. The van der Waals surface area contributed by atoms with Gasteiger partial charge in [0.25, 0.3) is 0 Å². The van der Waals surface area contributed by atoms with Crippen LogP contribution in [0.3, 0.4) is 0 Å². The molecule has 1 saturated heterocycles. The molecule has 6 heteroatoms. The molecule has 1 aromatic heterocycles. The molecule has 2 heterocycles. The molecule has 0 saturated carbocycles. The van der Waals surface area contributed by atoms with Crippen molar-refractivity contribution in [3.63, 3.8) is 0 Å². The van der Waals surface area contributed by atoms with E-state index in [2.05, 4.69) is 47.9 Å². The first-order valence-corrected chi connectivity index (χ1v) is 7.00. The third-order valence-corrected chi connectivity index (χ3v) is 4.15. The van der Waals surface area contributed by atoms with Crippen LogP contribution in [0.15, 0.2) is 4.52 Å². The number of likely N-dealkylation sites (N-methyl/N-ethyl adjacent to an activating group) is 2. The van der Waals surface area contributed by atoms with Crippen molar-refractivity contribution in [3.8, 4) is 0 Å². The Morgan fingerprint density at radius 2 is 2.16 bits per heavy atom. The summed E-state index contributed by atoms with van der Waals surface area (Å²) in [5.41, 5.74) is 6.13. The lowest BCUT2D eigenvalue weighted by atomic mass is 10.0. The molecule has 0 aliphatic carbocycles. The van der Waals surface area contributed by atoms with Crippen LogP contribution < -0.4 is 5.73 Å². The quantitative estimate of drug-likeness (QED) is 0.878. The summed E-state index contributed by atoms with van der Waals surface area (Å²) in [5, 5.41) is 4.13. The fourth-order valence-corrected chi connectivity index (χ4v) is 2.30. The van der Waals surface area contributed by atoms with Crippen LogP contribution in [0, 0.1) is 5.92 Å². The minimum Gasteiger partial charge on any atom is -0.338 e. The molecule has 6 nitrogen and oxygen atoms in total. The van der Waals surface area contributed by atoms with E-state index in [9.17, 15) is 0 Å². The molecule has 0 radical (unpaired) electrons. The molecular weight excluding hydrogens is 242 g/mol. The molecule has 1 aliphatic heterocycles. The summed E-state index contributed by atoms with van der Waals surface area (Å²) in [4.78, 5) is 9.07. The maximum atomic E-state index is 6.13. The van der Waals surface area contributed by atoms with Crippen LogP contribution in [0.25, 0.3) is 0 Å². The van der Waals surface area contributed by atoms with E-state index in [1.165, 1.54) is 0 Å². The summed E-state index contributed by atoms with van der Waals surface area (Å²) in [7, 11) is 4.22. The zero-order valence-electron chi connectivity index (χ0n) is 12.3. The van der Waals surface area contributed by atoms with Crippen LogP contribution in [0.4, 0.5) is 0 Å². The van der Waals surface area contributed by atoms with Gasteiger partial charge in [-0.05, 0) is 20.0 Å². The maximum absolute atomic E-state index is 6.13. The summed E-state index contributed by atoms with van der Waals surface area (Å²) >= 11 is 0. The number of aromatic nitrogens is 2. The highest BCUT2D eigenvalue weighted by Crippen LogP contribution is 2.24. The first-order valence-electron chi connectivity index (χ1n) is 7.00. The van der Waals surface area contributed by atoms with Gasteiger partial charge in [-0.3, -0.25) is 4.90 Å². The smallest absolute Gasteiger partial charge is 0.243 e. The zero-order valence-corrected chi connectivity index (χ0v) is 12.3. The molecule has 108 valence electrons. The first-order chi connectivity index (χ1) is 9.02. The Morgan fingerprint density at radius 3 is 2.84 bits per heavy atom. The molecule has 1 unspecified atom stereocenters. The van der Waals surface area contributed by atoms with Gasteiger partial charge in [0.2, 0.25) is 5.89 Å². The van der Waals surface area contributed by atoms with Crippen molar-refractivity contribution in [2.75, 3.05) is 33.7 Å². The second kappa shape index (κ2) is 5.98. The lowest BCUT2D eigenvalue weighted by Gasteiger charge is -2.35. The molecule has 19 heavy (non-hydrogen) atoms. The predicted octanol–water partition coefficient (Wildman–Crippen LogP) is 1.03. The van der Waals surface area contributed by atoms with E-state index < -0.39 is 0 Å². The van der Waals surface area contributed by atoms with Crippen molar-refractivity contribution < 1.29 is 4.52 Å². The van der Waals surface area contributed by atoms with Gasteiger partial charge in [-0.15, -0.1) is 0 Å². The van der Waals surface area contributed by atoms with Crippen molar-refractivity contribution in [1.82, 2.24) is 19.9 Å². The minimum atomic E-state index is -0.169. The van der Waals surface area contributed by atoms with Gasteiger partial charge >= 0.3 is 0 Å². The van der Waals surface area contributed by atoms with Gasteiger partial charge < -0.3 is 15.2 Å². The average molecular weight is 267 g/mol. The first kappa shape index (κ1) is 14.4. The number of nitrogens with zero attached hydrogens (tertiary/aromatic N) is 4. The Kier molecular flexibility index (Phi) is 4.54. The van der Waals surface area contributed by atoms with Gasteiger partial charge in [0.05, 0.1) is 12.1 Å². The highest BCUT2D eigenvalue weighted by Gasteiger charge is 2.29. The average Bonchev–Trinajstić information content (AvgIpc) is 2.89. The minimum absolute atomic E-state index is 0.169. The van der Waals surface area contributed by atoms with Gasteiger partial charge in [0.15, 0.2) is 5.82 Å². The number of hydrogen-bond donors (Lipinski definition) is 1. The standard InChI is InChI=1S/C13H25N5O/c1-5-9(2)11(14)13-15-12(16-19-13)10-8-17(3)6-7-18(10)4/h9-11H,5-8,14H2,1-4H3/t9-,10?,11-/m0/s1. The fourth-order valence-electron chi connectivity index (χ4n) is 2.30. The third kappa shape index (κ3) is 3.13. The van der Waals surface area contributed by atoms with Crippen molar-refractivity contribution in [3.05, 3.63) is 11.7 Å². The Labute approximate surface area is 114 Å². The highest BCUT2D eigenvalue weighted by atomic mass is 16.5. The summed E-state index contributed by atoms with van der Waals surface area (Å²) in [6.45, 7) is 7.24. The molecule has 2 N–H and O–H groups in total. The molecule has 2 rings (SSSR count). The number of piperazine rings is 1. The Morgan fingerprint density at radius 1 is 1.42 bits per heavy atom. The van der Waals surface area contributed by atoms with E-state index in [1.807, 2.05) is 0 Å². The fraction of sp³-hybridized carbons (Fsp3) is 0.846. The lowest BCUT2D eigenvalue weighted by molar-refractivity contribution is 0.108. The monoisotopic (exact) mass is 267 g/mol. The SMILES string of the molecule is CC[C@H](C)[C@H](N)c1nc(C2CN(C)CCN2C)no1. The second-order valence-corrected chi connectivity index (χ2v) is 5.66. The van der Waals surface area contributed by atoms with E-state index in [1.54, 1.807) is 0 Å². The maximum Gasteiger partial charge on any atom is 0.243 e. The summed E-state index contributed by atoms with van der Waals surface area (Å²) in [6.07, 6.45) is 1.00. The zero-order chi connectivity index (χ0) is 14.0. The summed E-state index contributed by atoms with van der Waals surface area (Å²) in [5.74, 6) is 1.66. The lowest BCUT2D eigenvalue weighted by Crippen LogP contribution is -2.45. The van der Waals surface area contributed by atoms with Gasteiger partial charge in [0, 0.05) is 19.6 Å². The van der Waals surface area contributed by atoms with Crippen molar-refractivity contribution in [1.29, 1.82) is 0 Å². The number of nitrogens with two attached hydrogens (primary N) is 1. The van der Waals surface area contributed by atoms with Crippen LogP contribution >= 0.6 is 0 Å².